The molecule has 0 radical (unpaired) electrons. The van der Waals surface area contributed by atoms with Crippen LogP contribution in [0.2, 0.25) is 0 Å². The first-order chi connectivity index (χ1) is 13.3. The molecule has 6 nitrogen and oxygen atoms in total. The summed E-state index contributed by atoms with van der Waals surface area (Å²) < 4.78 is 5.32. The number of hydrogen-bond acceptors (Lipinski definition) is 4. The molecule has 2 aromatic carbocycles. The van der Waals surface area contributed by atoms with Crippen LogP contribution in [-0.2, 0) is 0 Å². The minimum atomic E-state index is -0.258. The van der Waals surface area contributed by atoms with Crippen LogP contribution >= 0.6 is 0 Å². The predicted molar refractivity (Wildman–Crippen MR) is 114 cm³/mol. The highest BCUT2D eigenvalue weighted by molar-refractivity contribution is 6.06. The second-order valence-corrected chi connectivity index (χ2v) is 7.00. The Kier molecular flexibility index (Phi) is 7.04. The summed E-state index contributed by atoms with van der Waals surface area (Å²) in [5.41, 5.74) is 2.55. The minimum absolute atomic E-state index is 0.143. The van der Waals surface area contributed by atoms with Gasteiger partial charge in [-0.05, 0) is 63.2 Å². The molecule has 2 rings (SSSR count). The van der Waals surface area contributed by atoms with Gasteiger partial charge in [-0.15, -0.1) is 0 Å². The summed E-state index contributed by atoms with van der Waals surface area (Å²) in [6, 6.07) is 12.9. The summed E-state index contributed by atoms with van der Waals surface area (Å²) in [4.78, 5) is 28.6. The van der Waals surface area contributed by atoms with Gasteiger partial charge in [-0.2, -0.15) is 0 Å². The van der Waals surface area contributed by atoms with E-state index in [9.17, 15) is 9.59 Å². The van der Waals surface area contributed by atoms with Gasteiger partial charge in [0.25, 0.3) is 11.8 Å². The third-order valence-electron chi connectivity index (χ3n) is 4.53. The van der Waals surface area contributed by atoms with E-state index in [0.717, 1.165) is 12.2 Å². The molecule has 0 spiro atoms. The maximum absolute atomic E-state index is 12.7. The predicted octanol–water partition coefficient (Wildman–Crippen LogP) is 3.88. The molecule has 0 fully saturated rings. The lowest BCUT2D eigenvalue weighted by atomic mass is 10.1. The Morgan fingerprint density at radius 2 is 1.64 bits per heavy atom. The van der Waals surface area contributed by atoms with E-state index >= 15 is 0 Å². The fourth-order valence-corrected chi connectivity index (χ4v) is 3.04. The van der Waals surface area contributed by atoms with E-state index in [1.54, 1.807) is 44.4 Å². The van der Waals surface area contributed by atoms with Crippen molar-refractivity contribution in [2.75, 3.05) is 38.0 Å². The topological polar surface area (TPSA) is 61.9 Å². The Bertz CT molecular complexity index is 829. The van der Waals surface area contributed by atoms with Gasteiger partial charge in [0, 0.05) is 43.5 Å². The Labute approximate surface area is 167 Å². The van der Waals surface area contributed by atoms with Crippen molar-refractivity contribution in [1.29, 1.82) is 0 Å². The van der Waals surface area contributed by atoms with Crippen molar-refractivity contribution in [3.05, 3.63) is 53.6 Å². The molecule has 0 atom stereocenters. The molecule has 28 heavy (non-hydrogen) atoms. The number of carbonyl (C=O) groups is 2. The lowest BCUT2D eigenvalue weighted by Gasteiger charge is -2.27. The molecule has 0 unspecified atom stereocenters. The minimum Gasteiger partial charge on any atom is -0.495 e. The molecule has 0 bridgehead atoms. The summed E-state index contributed by atoms with van der Waals surface area (Å²) in [7, 11) is 4.89. The maximum atomic E-state index is 12.7. The lowest BCUT2D eigenvalue weighted by Crippen LogP contribution is -2.30. The number of ether oxygens (including phenoxy) is 1. The van der Waals surface area contributed by atoms with E-state index in [2.05, 4.69) is 31.0 Å². The molecule has 0 aromatic heterocycles. The van der Waals surface area contributed by atoms with E-state index in [0.29, 0.717) is 28.6 Å². The molecular formula is C22H29N3O3. The van der Waals surface area contributed by atoms with Gasteiger partial charge in [-0.1, -0.05) is 0 Å². The van der Waals surface area contributed by atoms with Gasteiger partial charge < -0.3 is 19.9 Å². The Hall–Kier alpha value is -3.02. The molecule has 0 saturated heterocycles. The van der Waals surface area contributed by atoms with Crippen molar-refractivity contribution in [3.8, 4) is 5.75 Å². The number of rotatable bonds is 7. The first-order valence-electron chi connectivity index (χ1n) is 9.36. The average molecular weight is 383 g/mol. The Balaban J connectivity index is 2.24. The van der Waals surface area contributed by atoms with Crippen LogP contribution in [0.4, 0.5) is 11.4 Å². The smallest absolute Gasteiger partial charge is 0.255 e. The fraction of sp³-hybridized carbons (Fsp3) is 0.364. The van der Waals surface area contributed by atoms with E-state index in [4.69, 9.17) is 4.74 Å². The van der Waals surface area contributed by atoms with Crippen LogP contribution in [0.25, 0.3) is 0 Å². The molecule has 2 amide bonds. The van der Waals surface area contributed by atoms with E-state index < -0.39 is 0 Å². The van der Waals surface area contributed by atoms with Crippen molar-refractivity contribution in [2.24, 2.45) is 0 Å². The van der Waals surface area contributed by atoms with Gasteiger partial charge in [-0.3, -0.25) is 9.59 Å². The molecular weight excluding hydrogens is 354 g/mol. The number of amides is 2. The van der Waals surface area contributed by atoms with Crippen molar-refractivity contribution in [2.45, 2.75) is 26.8 Å². The number of carbonyl (C=O) groups excluding carboxylic acids is 2. The summed E-state index contributed by atoms with van der Waals surface area (Å²) in [5.74, 6) is 0.0972. The van der Waals surface area contributed by atoms with Gasteiger partial charge in [0.2, 0.25) is 0 Å². The molecule has 0 saturated carbocycles. The van der Waals surface area contributed by atoms with Gasteiger partial charge in [0.1, 0.15) is 5.75 Å². The number of hydrogen-bond donors (Lipinski definition) is 1. The van der Waals surface area contributed by atoms with Crippen LogP contribution < -0.4 is 15.0 Å². The number of nitrogens with zero attached hydrogens (tertiary/aromatic N) is 2. The maximum Gasteiger partial charge on any atom is 0.255 e. The summed E-state index contributed by atoms with van der Waals surface area (Å²) in [5, 5.41) is 2.85. The summed E-state index contributed by atoms with van der Waals surface area (Å²) in [6.07, 6.45) is 0. The normalized spacial score (nSPS) is 10.5. The molecule has 2 aromatic rings. The van der Waals surface area contributed by atoms with Gasteiger partial charge in [-0.25, -0.2) is 0 Å². The highest BCUT2D eigenvalue weighted by Crippen LogP contribution is 2.27. The van der Waals surface area contributed by atoms with Crippen LogP contribution in [0.1, 0.15) is 41.5 Å². The molecule has 0 aliphatic carbocycles. The van der Waals surface area contributed by atoms with Crippen LogP contribution in [-0.4, -0.2) is 50.5 Å². The number of anilines is 2. The first-order valence-corrected chi connectivity index (χ1v) is 9.36. The molecule has 6 heteroatoms. The quantitative estimate of drug-likeness (QED) is 0.788. The first kappa shape index (κ1) is 21.3. The SMILES string of the molecule is CCN(c1ccc(C(=O)Nc2cc(C(=O)N(C)C)ccc2OC)cc1)C(C)C. The summed E-state index contributed by atoms with van der Waals surface area (Å²) in [6.45, 7) is 7.28. The third kappa shape index (κ3) is 4.82. The Morgan fingerprint density at radius 1 is 1.04 bits per heavy atom. The van der Waals surface area contributed by atoms with Gasteiger partial charge >= 0.3 is 0 Å². The molecule has 0 heterocycles. The van der Waals surface area contributed by atoms with E-state index in [-0.39, 0.29) is 11.8 Å². The number of nitrogens with one attached hydrogen (secondary N) is 1. The second kappa shape index (κ2) is 9.26. The molecule has 0 aliphatic rings. The number of benzene rings is 2. The van der Waals surface area contributed by atoms with Crippen molar-refractivity contribution < 1.29 is 14.3 Å². The van der Waals surface area contributed by atoms with Crippen molar-refractivity contribution in [3.63, 3.8) is 0 Å². The second-order valence-electron chi connectivity index (χ2n) is 7.00. The Morgan fingerprint density at radius 3 is 2.14 bits per heavy atom. The molecule has 1 N–H and O–H groups in total. The van der Waals surface area contributed by atoms with Crippen LogP contribution in [0.3, 0.4) is 0 Å². The zero-order valence-electron chi connectivity index (χ0n) is 17.4. The fourth-order valence-electron chi connectivity index (χ4n) is 3.04. The lowest BCUT2D eigenvalue weighted by molar-refractivity contribution is 0.0827. The van der Waals surface area contributed by atoms with E-state index in [1.807, 2.05) is 12.1 Å². The van der Waals surface area contributed by atoms with Crippen LogP contribution in [0.5, 0.6) is 5.75 Å². The standard InChI is InChI=1S/C22H29N3O3/c1-7-25(15(2)3)18-11-8-16(9-12-18)21(26)23-19-14-17(22(27)24(4)5)10-13-20(19)28-6/h8-15H,7H2,1-6H3,(H,23,26). The third-order valence-corrected chi connectivity index (χ3v) is 4.53. The average Bonchev–Trinajstić information content (AvgIpc) is 2.68. The molecule has 150 valence electrons. The monoisotopic (exact) mass is 383 g/mol. The largest absolute Gasteiger partial charge is 0.495 e. The van der Waals surface area contributed by atoms with E-state index in [1.165, 1.54) is 12.0 Å². The summed E-state index contributed by atoms with van der Waals surface area (Å²) >= 11 is 0. The van der Waals surface area contributed by atoms with Crippen molar-refractivity contribution >= 4 is 23.2 Å². The van der Waals surface area contributed by atoms with Gasteiger partial charge in [0.05, 0.1) is 12.8 Å². The number of methoxy groups -OCH3 is 1. The van der Waals surface area contributed by atoms with Gasteiger partial charge in [0.15, 0.2) is 0 Å². The highest BCUT2D eigenvalue weighted by atomic mass is 16.5. The molecule has 0 aliphatic heterocycles. The van der Waals surface area contributed by atoms with Crippen molar-refractivity contribution in [1.82, 2.24) is 4.90 Å². The van der Waals surface area contributed by atoms with Crippen LogP contribution in [0, 0.1) is 0 Å². The highest BCUT2D eigenvalue weighted by Gasteiger charge is 2.15. The zero-order valence-corrected chi connectivity index (χ0v) is 17.4. The van der Waals surface area contributed by atoms with Crippen LogP contribution in [0.15, 0.2) is 42.5 Å². The zero-order chi connectivity index (χ0) is 20.8.